The third kappa shape index (κ3) is 3.47. The SMILES string of the molecule is CC1(C)C[C@H]2C[C@@](C)(CN2C/C=C/c2ccccc2[N+](=O)[O-])C1. The average molecular weight is 314 g/mol. The summed E-state index contributed by atoms with van der Waals surface area (Å²) in [7, 11) is 0. The van der Waals surface area contributed by atoms with Crippen molar-refractivity contribution < 1.29 is 4.92 Å². The fourth-order valence-corrected chi connectivity index (χ4v) is 4.90. The lowest BCUT2D eigenvalue weighted by Crippen LogP contribution is -2.34. The Morgan fingerprint density at radius 2 is 2.04 bits per heavy atom. The lowest BCUT2D eigenvalue weighted by molar-refractivity contribution is -0.385. The van der Waals surface area contributed by atoms with E-state index in [1.165, 1.54) is 19.3 Å². The van der Waals surface area contributed by atoms with Crippen LogP contribution in [0, 0.1) is 20.9 Å². The van der Waals surface area contributed by atoms with Crippen LogP contribution in [0.3, 0.4) is 0 Å². The molecule has 0 spiro atoms. The van der Waals surface area contributed by atoms with E-state index in [0.29, 0.717) is 22.4 Å². The standard InChI is InChI=1S/C19H26N2O2/c1-18(2)11-16-12-19(3,13-18)14-20(16)10-6-8-15-7-4-5-9-17(15)21(22)23/h4-9,16H,10-14H2,1-3H3/b8-6+/t16-,19+/m0/s1. The summed E-state index contributed by atoms with van der Waals surface area (Å²) in [4.78, 5) is 13.3. The topological polar surface area (TPSA) is 46.4 Å². The van der Waals surface area contributed by atoms with Crippen LogP contribution < -0.4 is 0 Å². The number of nitro groups is 1. The molecule has 3 rings (SSSR count). The van der Waals surface area contributed by atoms with E-state index in [9.17, 15) is 10.1 Å². The second-order valence-corrected chi connectivity index (χ2v) is 8.36. The number of hydrogen-bond donors (Lipinski definition) is 0. The van der Waals surface area contributed by atoms with Crippen molar-refractivity contribution in [3.05, 3.63) is 46.0 Å². The number of hydrogen-bond acceptors (Lipinski definition) is 3. The highest BCUT2D eigenvalue weighted by atomic mass is 16.6. The van der Waals surface area contributed by atoms with E-state index in [-0.39, 0.29) is 10.6 Å². The number of para-hydroxylation sites is 1. The van der Waals surface area contributed by atoms with Crippen LogP contribution in [0.5, 0.6) is 0 Å². The van der Waals surface area contributed by atoms with Gasteiger partial charge in [-0.25, -0.2) is 0 Å². The fraction of sp³-hybridized carbons (Fsp3) is 0.579. The van der Waals surface area contributed by atoms with Crippen LogP contribution in [-0.2, 0) is 0 Å². The van der Waals surface area contributed by atoms with Crippen molar-refractivity contribution in [1.29, 1.82) is 0 Å². The number of nitro benzene ring substituents is 1. The molecule has 1 heterocycles. The lowest BCUT2D eigenvalue weighted by Gasteiger charge is -2.39. The molecule has 0 amide bonds. The van der Waals surface area contributed by atoms with Gasteiger partial charge in [0.1, 0.15) is 0 Å². The molecule has 0 radical (unpaired) electrons. The van der Waals surface area contributed by atoms with E-state index in [0.717, 1.165) is 13.1 Å². The molecule has 1 saturated carbocycles. The van der Waals surface area contributed by atoms with E-state index in [4.69, 9.17) is 0 Å². The van der Waals surface area contributed by atoms with Gasteiger partial charge < -0.3 is 0 Å². The summed E-state index contributed by atoms with van der Waals surface area (Å²) in [6.45, 7) is 9.19. The highest BCUT2D eigenvalue weighted by Gasteiger charge is 2.48. The summed E-state index contributed by atoms with van der Waals surface area (Å²) in [5.41, 5.74) is 1.72. The molecule has 2 bridgehead atoms. The van der Waals surface area contributed by atoms with Crippen molar-refractivity contribution in [3.63, 3.8) is 0 Å². The molecule has 0 aromatic heterocycles. The average Bonchev–Trinajstić information content (AvgIpc) is 2.68. The summed E-state index contributed by atoms with van der Waals surface area (Å²) < 4.78 is 0. The van der Waals surface area contributed by atoms with Gasteiger partial charge in [0.25, 0.3) is 5.69 Å². The molecule has 1 aliphatic heterocycles. The number of benzene rings is 1. The van der Waals surface area contributed by atoms with Crippen molar-refractivity contribution in [3.8, 4) is 0 Å². The zero-order valence-corrected chi connectivity index (χ0v) is 14.3. The summed E-state index contributed by atoms with van der Waals surface area (Å²) in [5.74, 6) is 0. The third-order valence-electron chi connectivity index (χ3n) is 5.29. The quantitative estimate of drug-likeness (QED) is 0.607. The highest BCUT2D eigenvalue weighted by Crippen LogP contribution is 2.52. The molecular formula is C19H26N2O2. The maximum absolute atomic E-state index is 11.1. The largest absolute Gasteiger partial charge is 0.296 e. The number of rotatable bonds is 4. The Bertz CT molecular complexity index is 638. The Hall–Kier alpha value is -1.68. The van der Waals surface area contributed by atoms with Gasteiger partial charge in [-0.3, -0.25) is 15.0 Å². The van der Waals surface area contributed by atoms with E-state index in [1.807, 2.05) is 12.1 Å². The van der Waals surface area contributed by atoms with Crippen LogP contribution in [0.25, 0.3) is 6.08 Å². The molecule has 23 heavy (non-hydrogen) atoms. The van der Waals surface area contributed by atoms with Gasteiger partial charge in [-0.05, 0) is 36.2 Å². The van der Waals surface area contributed by atoms with Crippen molar-refractivity contribution in [2.24, 2.45) is 10.8 Å². The third-order valence-corrected chi connectivity index (χ3v) is 5.29. The number of fused-ring (bicyclic) bond motifs is 2. The second-order valence-electron chi connectivity index (χ2n) is 8.36. The van der Waals surface area contributed by atoms with E-state index < -0.39 is 0 Å². The van der Waals surface area contributed by atoms with Gasteiger partial charge in [0.2, 0.25) is 0 Å². The molecule has 1 aromatic carbocycles. The molecule has 4 heteroatoms. The molecule has 1 saturated heterocycles. The maximum atomic E-state index is 11.1. The molecule has 0 unspecified atom stereocenters. The van der Waals surface area contributed by atoms with E-state index >= 15 is 0 Å². The van der Waals surface area contributed by atoms with Crippen LogP contribution in [-0.4, -0.2) is 29.0 Å². The second kappa shape index (κ2) is 5.75. The first-order chi connectivity index (χ1) is 10.8. The first kappa shape index (κ1) is 16.2. The van der Waals surface area contributed by atoms with Gasteiger partial charge in [0.15, 0.2) is 0 Å². The Kier molecular flexibility index (Phi) is 4.05. The molecule has 124 valence electrons. The van der Waals surface area contributed by atoms with Crippen LogP contribution in [0.1, 0.15) is 45.6 Å². The molecule has 4 nitrogen and oxygen atoms in total. The van der Waals surface area contributed by atoms with Crippen LogP contribution in [0.15, 0.2) is 30.3 Å². The van der Waals surface area contributed by atoms with Crippen LogP contribution in [0.2, 0.25) is 0 Å². The smallest absolute Gasteiger partial charge is 0.276 e. The monoisotopic (exact) mass is 314 g/mol. The Labute approximate surface area is 138 Å². The zero-order valence-electron chi connectivity index (χ0n) is 14.3. The number of likely N-dealkylation sites (tertiary alicyclic amines) is 1. The highest BCUT2D eigenvalue weighted by molar-refractivity contribution is 5.60. The lowest BCUT2D eigenvalue weighted by atomic mass is 9.65. The summed E-state index contributed by atoms with van der Waals surface area (Å²) in [6.07, 6.45) is 7.81. The zero-order chi connectivity index (χ0) is 16.7. The molecule has 0 N–H and O–H groups in total. The van der Waals surface area contributed by atoms with Crippen molar-refractivity contribution in [1.82, 2.24) is 4.90 Å². The normalized spacial score (nSPS) is 30.0. The van der Waals surface area contributed by atoms with Gasteiger partial charge >= 0.3 is 0 Å². The minimum Gasteiger partial charge on any atom is -0.296 e. The summed E-state index contributed by atoms with van der Waals surface area (Å²) in [5, 5.41) is 11.1. The van der Waals surface area contributed by atoms with E-state index in [1.54, 1.807) is 18.2 Å². The predicted octanol–water partition coefficient (Wildman–Crippen LogP) is 4.51. The maximum Gasteiger partial charge on any atom is 0.276 e. The Morgan fingerprint density at radius 3 is 2.78 bits per heavy atom. The molecule has 2 fully saturated rings. The first-order valence-corrected chi connectivity index (χ1v) is 8.42. The van der Waals surface area contributed by atoms with Crippen molar-refractivity contribution in [2.45, 2.75) is 46.1 Å². The first-order valence-electron chi connectivity index (χ1n) is 8.42. The van der Waals surface area contributed by atoms with Gasteiger partial charge in [0, 0.05) is 25.2 Å². The number of nitrogens with zero attached hydrogens (tertiary/aromatic N) is 2. The van der Waals surface area contributed by atoms with Gasteiger partial charge in [-0.15, -0.1) is 0 Å². The molecule has 1 aliphatic carbocycles. The van der Waals surface area contributed by atoms with Crippen molar-refractivity contribution >= 4 is 11.8 Å². The Balaban J connectivity index is 1.69. The van der Waals surface area contributed by atoms with Gasteiger partial charge in [-0.1, -0.05) is 45.1 Å². The minimum atomic E-state index is -0.313. The predicted molar refractivity (Wildman–Crippen MR) is 93.2 cm³/mol. The van der Waals surface area contributed by atoms with E-state index in [2.05, 4.69) is 31.7 Å². The van der Waals surface area contributed by atoms with Crippen LogP contribution >= 0.6 is 0 Å². The molecule has 1 aromatic rings. The molecule has 2 atom stereocenters. The van der Waals surface area contributed by atoms with Gasteiger partial charge in [0.05, 0.1) is 10.5 Å². The van der Waals surface area contributed by atoms with Crippen molar-refractivity contribution in [2.75, 3.05) is 13.1 Å². The van der Waals surface area contributed by atoms with Gasteiger partial charge in [-0.2, -0.15) is 0 Å². The Morgan fingerprint density at radius 1 is 1.30 bits per heavy atom. The fourth-order valence-electron chi connectivity index (χ4n) is 4.90. The minimum absolute atomic E-state index is 0.178. The molecular weight excluding hydrogens is 288 g/mol. The molecule has 2 aliphatic rings. The summed E-state index contributed by atoms with van der Waals surface area (Å²) >= 11 is 0. The summed E-state index contributed by atoms with van der Waals surface area (Å²) in [6, 6.07) is 7.58. The van der Waals surface area contributed by atoms with Crippen LogP contribution in [0.4, 0.5) is 5.69 Å².